The van der Waals surface area contributed by atoms with E-state index in [0.29, 0.717) is 18.7 Å². The number of ketones is 1. The molecule has 2 aromatic rings. The molecule has 0 N–H and O–H groups in total. The molecule has 0 spiro atoms. The molecule has 0 saturated carbocycles. The Hall–Kier alpha value is -1.52. The molecular weight excluding hydrogens is 333 g/mol. The highest BCUT2D eigenvalue weighted by Gasteiger charge is 2.11. The first-order chi connectivity index (χ1) is 10.1. The van der Waals surface area contributed by atoms with Crippen LogP contribution in [-0.4, -0.2) is 24.3 Å². The van der Waals surface area contributed by atoms with Crippen molar-refractivity contribution in [1.82, 2.24) is 4.90 Å². The first-order valence-corrected chi connectivity index (χ1v) is 7.52. The molecule has 21 heavy (non-hydrogen) atoms. The lowest BCUT2D eigenvalue weighted by molar-refractivity contribution is -0.119. The Morgan fingerprint density at radius 1 is 1.10 bits per heavy atom. The van der Waals surface area contributed by atoms with Crippen LogP contribution in [-0.2, 0) is 17.8 Å². The van der Waals surface area contributed by atoms with Crippen molar-refractivity contribution in [1.29, 1.82) is 0 Å². The van der Waals surface area contributed by atoms with Gasteiger partial charge < -0.3 is 0 Å². The van der Waals surface area contributed by atoms with E-state index < -0.39 is 0 Å². The van der Waals surface area contributed by atoms with Gasteiger partial charge >= 0.3 is 0 Å². The molecule has 110 valence electrons. The van der Waals surface area contributed by atoms with E-state index in [4.69, 9.17) is 0 Å². The number of Topliss-reactive ketones (excluding diaryl/α,β-unsaturated/α-hetero) is 1. The van der Waals surface area contributed by atoms with Crippen molar-refractivity contribution in [2.24, 2.45) is 0 Å². The van der Waals surface area contributed by atoms with Gasteiger partial charge in [-0.2, -0.15) is 0 Å². The number of hydrogen-bond acceptors (Lipinski definition) is 2. The van der Waals surface area contributed by atoms with Gasteiger partial charge in [0, 0.05) is 17.4 Å². The van der Waals surface area contributed by atoms with Crippen molar-refractivity contribution in [3.63, 3.8) is 0 Å². The predicted octanol–water partition coefficient (Wildman–Crippen LogP) is 3.83. The summed E-state index contributed by atoms with van der Waals surface area (Å²) in [6, 6.07) is 14.3. The van der Waals surface area contributed by atoms with Crippen molar-refractivity contribution < 1.29 is 9.18 Å². The van der Waals surface area contributed by atoms with Gasteiger partial charge in [0.25, 0.3) is 0 Å². The van der Waals surface area contributed by atoms with E-state index in [1.807, 2.05) is 36.2 Å². The number of hydrogen-bond donors (Lipinski definition) is 0. The standard InChI is InChI=1S/C17H17BrFNO/c1-20(11-14-7-2-4-8-16(14)18)12-15(21)10-13-6-3-5-9-17(13)19/h2-9H,10-12H2,1H3. The summed E-state index contributed by atoms with van der Waals surface area (Å²) >= 11 is 3.49. The van der Waals surface area contributed by atoms with Crippen molar-refractivity contribution in [2.75, 3.05) is 13.6 Å². The van der Waals surface area contributed by atoms with E-state index in [9.17, 15) is 9.18 Å². The minimum absolute atomic E-state index is 0.00894. The third-order valence-electron chi connectivity index (χ3n) is 3.19. The molecule has 0 aliphatic rings. The van der Waals surface area contributed by atoms with Crippen LogP contribution in [0.4, 0.5) is 4.39 Å². The normalized spacial score (nSPS) is 10.9. The fourth-order valence-corrected chi connectivity index (χ4v) is 2.59. The smallest absolute Gasteiger partial charge is 0.151 e. The number of carbonyl (C=O) groups is 1. The van der Waals surface area contributed by atoms with Crippen LogP contribution in [0.15, 0.2) is 53.0 Å². The Labute approximate surface area is 132 Å². The average Bonchev–Trinajstić information content (AvgIpc) is 2.44. The lowest BCUT2D eigenvalue weighted by Gasteiger charge is -2.16. The molecule has 2 rings (SSSR count). The summed E-state index contributed by atoms with van der Waals surface area (Å²) < 4.78 is 14.5. The van der Waals surface area contributed by atoms with Gasteiger partial charge in [0.1, 0.15) is 5.82 Å². The summed E-state index contributed by atoms with van der Waals surface area (Å²) in [7, 11) is 1.89. The zero-order chi connectivity index (χ0) is 15.2. The highest BCUT2D eigenvalue weighted by atomic mass is 79.9. The average molecular weight is 350 g/mol. The van der Waals surface area contributed by atoms with Crippen molar-refractivity contribution in [3.05, 3.63) is 69.9 Å². The van der Waals surface area contributed by atoms with Crippen molar-refractivity contribution in [2.45, 2.75) is 13.0 Å². The Bertz CT molecular complexity index is 630. The maximum Gasteiger partial charge on any atom is 0.151 e. The molecule has 0 bridgehead atoms. The maximum atomic E-state index is 13.5. The van der Waals surface area contributed by atoms with Crippen LogP contribution in [0.5, 0.6) is 0 Å². The second-order valence-corrected chi connectivity index (χ2v) is 5.92. The van der Waals surface area contributed by atoms with Gasteiger partial charge in [0.15, 0.2) is 5.78 Å². The van der Waals surface area contributed by atoms with Crippen LogP contribution in [0.25, 0.3) is 0 Å². The minimum Gasteiger partial charge on any atom is -0.298 e. The van der Waals surface area contributed by atoms with Gasteiger partial charge in [0.05, 0.1) is 6.54 Å². The molecule has 0 heterocycles. The van der Waals surface area contributed by atoms with Crippen LogP contribution < -0.4 is 0 Å². The van der Waals surface area contributed by atoms with Gasteiger partial charge in [-0.3, -0.25) is 9.69 Å². The summed E-state index contributed by atoms with van der Waals surface area (Å²) in [6.07, 6.45) is 0.132. The van der Waals surface area contributed by atoms with Crippen LogP contribution >= 0.6 is 15.9 Å². The predicted molar refractivity (Wildman–Crippen MR) is 85.6 cm³/mol. The van der Waals surface area contributed by atoms with Crippen LogP contribution in [0.2, 0.25) is 0 Å². The zero-order valence-corrected chi connectivity index (χ0v) is 13.4. The van der Waals surface area contributed by atoms with E-state index >= 15 is 0 Å². The summed E-state index contributed by atoms with van der Waals surface area (Å²) in [5.41, 5.74) is 1.58. The Kier molecular flexibility index (Phi) is 5.65. The van der Waals surface area contributed by atoms with Crippen LogP contribution in [0.1, 0.15) is 11.1 Å². The lowest BCUT2D eigenvalue weighted by Crippen LogP contribution is -2.27. The van der Waals surface area contributed by atoms with Gasteiger partial charge in [0.2, 0.25) is 0 Å². The molecule has 2 aromatic carbocycles. The molecule has 0 aliphatic heterocycles. The topological polar surface area (TPSA) is 20.3 Å². The van der Waals surface area contributed by atoms with Gasteiger partial charge in [-0.1, -0.05) is 52.3 Å². The highest BCUT2D eigenvalue weighted by Crippen LogP contribution is 2.17. The van der Waals surface area contributed by atoms with E-state index in [1.54, 1.807) is 18.2 Å². The summed E-state index contributed by atoms with van der Waals surface area (Å²) in [5, 5.41) is 0. The molecule has 0 saturated heterocycles. The Morgan fingerprint density at radius 3 is 2.38 bits per heavy atom. The molecule has 0 atom stereocenters. The van der Waals surface area contributed by atoms with Crippen LogP contribution in [0, 0.1) is 5.82 Å². The number of nitrogens with zero attached hydrogens (tertiary/aromatic N) is 1. The molecule has 0 aromatic heterocycles. The number of halogens is 2. The maximum absolute atomic E-state index is 13.5. The quantitative estimate of drug-likeness (QED) is 0.789. The highest BCUT2D eigenvalue weighted by molar-refractivity contribution is 9.10. The lowest BCUT2D eigenvalue weighted by atomic mass is 10.1. The fraction of sp³-hybridized carbons (Fsp3) is 0.235. The Morgan fingerprint density at radius 2 is 1.71 bits per heavy atom. The molecule has 2 nitrogen and oxygen atoms in total. The second-order valence-electron chi connectivity index (χ2n) is 5.07. The molecule has 0 amide bonds. The van der Waals surface area contributed by atoms with Gasteiger partial charge in [-0.25, -0.2) is 4.39 Å². The van der Waals surface area contributed by atoms with E-state index in [1.165, 1.54) is 6.07 Å². The molecule has 0 fully saturated rings. The number of likely N-dealkylation sites (N-methyl/N-ethyl adjacent to an activating group) is 1. The summed E-state index contributed by atoms with van der Waals surface area (Å²) in [4.78, 5) is 14.0. The molecular formula is C17H17BrFNO. The molecule has 0 aliphatic carbocycles. The van der Waals surface area contributed by atoms with Gasteiger partial charge in [-0.15, -0.1) is 0 Å². The number of rotatable bonds is 6. The Balaban J connectivity index is 1.91. The third kappa shape index (κ3) is 4.76. The van der Waals surface area contributed by atoms with E-state index in [2.05, 4.69) is 15.9 Å². The fourth-order valence-electron chi connectivity index (χ4n) is 2.18. The van der Waals surface area contributed by atoms with Crippen molar-refractivity contribution in [3.8, 4) is 0 Å². The zero-order valence-electron chi connectivity index (χ0n) is 11.9. The van der Waals surface area contributed by atoms with E-state index in [0.717, 1.165) is 10.0 Å². The second kappa shape index (κ2) is 7.48. The molecule has 4 heteroatoms. The molecule has 0 radical (unpaired) electrons. The van der Waals surface area contributed by atoms with Crippen LogP contribution in [0.3, 0.4) is 0 Å². The summed E-state index contributed by atoms with van der Waals surface area (Å²) in [5.74, 6) is -0.311. The first kappa shape index (κ1) is 15.9. The minimum atomic E-state index is -0.320. The monoisotopic (exact) mass is 349 g/mol. The number of benzene rings is 2. The van der Waals surface area contributed by atoms with E-state index in [-0.39, 0.29) is 18.0 Å². The molecule has 0 unspecified atom stereocenters. The summed E-state index contributed by atoms with van der Waals surface area (Å²) in [6.45, 7) is 0.972. The number of carbonyl (C=O) groups excluding carboxylic acids is 1. The third-order valence-corrected chi connectivity index (χ3v) is 3.96. The van der Waals surface area contributed by atoms with Crippen molar-refractivity contribution >= 4 is 21.7 Å². The SMILES string of the molecule is CN(CC(=O)Cc1ccccc1F)Cc1ccccc1Br. The largest absolute Gasteiger partial charge is 0.298 e. The van der Waals surface area contributed by atoms with Gasteiger partial charge in [-0.05, 0) is 30.3 Å². The first-order valence-electron chi connectivity index (χ1n) is 6.73.